The number of hydrogen-bond acceptors (Lipinski definition) is 4. The van der Waals surface area contributed by atoms with E-state index in [9.17, 15) is 9.50 Å². The quantitative estimate of drug-likeness (QED) is 0.610. The molecule has 0 aliphatic carbocycles. The van der Waals surface area contributed by atoms with Crippen molar-refractivity contribution in [2.45, 2.75) is 12.2 Å². The maximum absolute atomic E-state index is 13.8. The summed E-state index contributed by atoms with van der Waals surface area (Å²) in [6, 6.07) is 10.1. The van der Waals surface area contributed by atoms with Crippen molar-refractivity contribution in [1.29, 1.82) is 0 Å². The van der Waals surface area contributed by atoms with E-state index in [4.69, 9.17) is 32.7 Å². The molecule has 2 aromatic rings. The van der Waals surface area contributed by atoms with Crippen molar-refractivity contribution < 1.29 is 19.0 Å². The number of nitrogens with zero attached hydrogens (tertiary/aromatic N) is 1. The minimum atomic E-state index is -0.662. The Balaban J connectivity index is 1.55. The minimum Gasteiger partial charge on any atom is -0.491 e. The number of β-amino-alcohol motifs (C(OH)–C–C–N with tert-alkyl or cyclic N) is 1. The van der Waals surface area contributed by atoms with E-state index in [2.05, 4.69) is 15.9 Å². The van der Waals surface area contributed by atoms with Crippen LogP contribution in [0.3, 0.4) is 0 Å². The van der Waals surface area contributed by atoms with Crippen LogP contribution in [0.1, 0.15) is 11.7 Å². The Kier molecular flexibility index (Phi) is 7.36. The van der Waals surface area contributed by atoms with Crippen LogP contribution in [0.4, 0.5) is 4.39 Å². The molecule has 1 heterocycles. The van der Waals surface area contributed by atoms with Gasteiger partial charge in [-0.05, 0) is 36.4 Å². The van der Waals surface area contributed by atoms with Crippen LogP contribution in [0.5, 0.6) is 5.75 Å². The summed E-state index contributed by atoms with van der Waals surface area (Å²) in [5, 5.41) is 10.6. The summed E-state index contributed by atoms with van der Waals surface area (Å²) >= 11 is 15.3. The molecule has 2 atom stereocenters. The molecule has 0 spiro atoms. The summed E-state index contributed by atoms with van der Waals surface area (Å²) in [5.74, 6) is 0.167. The Morgan fingerprint density at radius 1 is 1.26 bits per heavy atom. The molecule has 2 unspecified atom stereocenters. The Morgan fingerprint density at radius 3 is 2.74 bits per heavy atom. The van der Waals surface area contributed by atoms with Crippen LogP contribution in [-0.4, -0.2) is 49.0 Å². The van der Waals surface area contributed by atoms with Gasteiger partial charge in [0.1, 0.15) is 24.3 Å². The predicted octanol–water partition coefficient (Wildman–Crippen LogP) is 4.71. The second-order valence-electron chi connectivity index (χ2n) is 6.33. The average molecular weight is 479 g/mol. The summed E-state index contributed by atoms with van der Waals surface area (Å²) < 4.78 is 26.1. The molecule has 0 bridgehead atoms. The van der Waals surface area contributed by atoms with Crippen LogP contribution in [0.15, 0.2) is 40.9 Å². The molecule has 3 rings (SSSR count). The van der Waals surface area contributed by atoms with Crippen LogP contribution in [0.2, 0.25) is 10.0 Å². The number of aliphatic hydroxyl groups is 1. The van der Waals surface area contributed by atoms with Crippen LogP contribution >= 0.6 is 39.1 Å². The highest BCUT2D eigenvalue weighted by Gasteiger charge is 2.26. The first-order valence-corrected chi connectivity index (χ1v) is 10.0. The molecule has 2 aromatic carbocycles. The largest absolute Gasteiger partial charge is 0.491 e. The number of aliphatic hydroxyl groups excluding tert-OH is 1. The number of benzene rings is 2. The van der Waals surface area contributed by atoms with Crippen molar-refractivity contribution in [2.75, 3.05) is 32.8 Å². The maximum atomic E-state index is 13.8. The lowest BCUT2D eigenvalue weighted by molar-refractivity contribution is -0.0460. The van der Waals surface area contributed by atoms with Gasteiger partial charge in [-0.3, -0.25) is 4.90 Å². The summed E-state index contributed by atoms with van der Waals surface area (Å²) in [4.78, 5) is 2.05. The van der Waals surface area contributed by atoms with Gasteiger partial charge in [0.2, 0.25) is 0 Å². The minimum absolute atomic E-state index is 0.0167. The SMILES string of the molecule is OC(COc1ccc(Br)cc1)CN1CCOC(c2cc(F)c(Cl)cc2Cl)C1. The lowest BCUT2D eigenvalue weighted by atomic mass is 10.1. The van der Waals surface area contributed by atoms with Crippen molar-refractivity contribution in [3.05, 3.63) is 62.3 Å². The van der Waals surface area contributed by atoms with Gasteiger partial charge in [-0.25, -0.2) is 4.39 Å². The molecule has 0 radical (unpaired) electrons. The third-order valence-corrected chi connectivity index (χ3v) is 5.41. The first kappa shape index (κ1) is 20.8. The van der Waals surface area contributed by atoms with Gasteiger partial charge in [-0.2, -0.15) is 0 Å². The molecule has 0 amide bonds. The lowest BCUT2D eigenvalue weighted by Crippen LogP contribution is -2.43. The normalized spacial score (nSPS) is 19.1. The number of rotatable bonds is 6. The predicted molar refractivity (Wildman–Crippen MR) is 107 cm³/mol. The van der Waals surface area contributed by atoms with E-state index in [1.807, 2.05) is 29.2 Å². The molecule has 8 heteroatoms. The number of morpholine rings is 1. The smallest absolute Gasteiger partial charge is 0.142 e. The van der Waals surface area contributed by atoms with Gasteiger partial charge < -0.3 is 14.6 Å². The first-order chi connectivity index (χ1) is 12.9. The molecule has 1 aliphatic heterocycles. The number of hydrogen-bond donors (Lipinski definition) is 1. The molecular weight excluding hydrogens is 460 g/mol. The highest BCUT2D eigenvalue weighted by atomic mass is 79.9. The second-order valence-corrected chi connectivity index (χ2v) is 8.06. The topological polar surface area (TPSA) is 41.9 Å². The van der Waals surface area contributed by atoms with Crippen molar-refractivity contribution in [3.63, 3.8) is 0 Å². The molecule has 1 saturated heterocycles. The van der Waals surface area contributed by atoms with Crippen LogP contribution in [0.25, 0.3) is 0 Å². The van der Waals surface area contributed by atoms with E-state index < -0.39 is 11.9 Å². The Morgan fingerprint density at radius 2 is 2.00 bits per heavy atom. The summed E-state index contributed by atoms with van der Waals surface area (Å²) in [5.41, 5.74) is 0.559. The van der Waals surface area contributed by atoms with Crippen molar-refractivity contribution in [1.82, 2.24) is 4.90 Å². The van der Waals surface area contributed by atoms with Gasteiger partial charge in [0.25, 0.3) is 0 Å². The maximum Gasteiger partial charge on any atom is 0.142 e. The molecule has 0 saturated carbocycles. The van der Waals surface area contributed by atoms with Crippen molar-refractivity contribution in [3.8, 4) is 5.75 Å². The van der Waals surface area contributed by atoms with Crippen molar-refractivity contribution >= 4 is 39.1 Å². The summed E-state index contributed by atoms with van der Waals surface area (Å²) in [6.45, 7) is 2.23. The van der Waals surface area contributed by atoms with E-state index in [0.29, 0.717) is 42.6 Å². The molecule has 146 valence electrons. The van der Waals surface area contributed by atoms with Crippen LogP contribution < -0.4 is 4.74 Å². The molecule has 4 nitrogen and oxygen atoms in total. The summed E-state index contributed by atoms with van der Waals surface area (Å²) in [6.07, 6.45) is -1.04. The zero-order chi connectivity index (χ0) is 19.4. The van der Waals surface area contributed by atoms with E-state index in [0.717, 1.165) is 4.47 Å². The lowest BCUT2D eigenvalue weighted by Gasteiger charge is -2.34. The fraction of sp³-hybridized carbons (Fsp3) is 0.368. The molecule has 1 aliphatic rings. The fourth-order valence-corrected chi connectivity index (χ4v) is 3.68. The first-order valence-electron chi connectivity index (χ1n) is 8.47. The Labute approximate surface area is 175 Å². The Bertz CT molecular complexity index is 778. The van der Waals surface area contributed by atoms with Gasteiger partial charge in [0.05, 0.1) is 17.7 Å². The third-order valence-electron chi connectivity index (χ3n) is 4.26. The molecule has 1 N–H and O–H groups in total. The highest BCUT2D eigenvalue weighted by molar-refractivity contribution is 9.10. The molecule has 1 fully saturated rings. The Hall–Kier alpha value is -0.890. The number of halogens is 4. The van der Waals surface area contributed by atoms with E-state index in [1.54, 1.807) is 0 Å². The number of ether oxygens (including phenoxy) is 2. The third kappa shape index (κ3) is 5.79. The van der Waals surface area contributed by atoms with Crippen LogP contribution in [0, 0.1) is 5.82 Å². The monoisotopic (exact) mass is 477 g/mol. The molecular formula is C19H19BrCl2FNO3. The zero-order valence-electron chi connectivity index (χ0n) is 14.4. The van der Waals surface area contributed by atoms with Crippen molar-refractivity contribution in [2.24, 2.45) is 0 Å². The van der Waals surface area contributed by atoms with E-state index in [1.165, 1.54) is 12.1 Å². The van der Waals surface area contributed by atoms with Gasteiger partial charge in [0, 0.05) is 34.7 Å². The molecule has 27 heavy (non-hydrogen) atoms. The van der Waals surface area contributed by atoms with Gasteiger partial charge in [0.15, 0.2) is 0 Å². The van der Waals surface area contributed by atoms with Gasteiger partial charge >= 0.3 is 0 Å². The highest BCUT2D eigenvalue weighted by Crippen LogP contribution is 2.32. The fourth-order valence-electron chi connectivity index (χ4n) is 2.92. The van der Waals surface area contributed by atoms with Gasteiger partial charge in [-0.15, -0.1) is 0 Å². The van der Waals surface area contributed by atoms with E-state index in [-0.39, 0.29) is 17.7 Å². The zero-order valence-corrected chi connectivity index (χ0v) is 17.5. The van der Waals surface area contributed by atoms with E-state index >= 15 is 0 Å². The second kappa shape index (κ2) is 9.54. The average Bonchev–Trinajstić information content (AvgIpc) is 2.64. The standard InChI is InChI=1S/C19H19BrCl2FNO3/c20-12-1-3-14(4-2-12)27-11-13(25)9-24-5-6-26-19(10-24)15-7-18(23)17(22)8-16(15)21/h1-4,7-8,13,19,25H,5-6,9-11H2. The van der Waals surface area contributed by atoms with Gasteiger partial charge in [-0.1, -0.05) is 39.1 Å². The van der Waals surface area contributed by atoms with Crippen LogP contribution in [-0.2, 0) is 4.74 Å². The molecule has 0 aromatic heterocycles. The summed E-state index contributed by atoms with van der Waals surface area (Å²) in [7, 11) is 0.